The number of nitrogens with zero attached hydrogens (tertiary/aromatic N) is 2. The Kier molecular flexibility index (Phi) is 4.50. The van der Waals surface area contributed by atoms with E-state index in [1.807, 2.05) is 17.5 Å². The number of carbonyl (C=O) groups excluding carboxylic acids is 3. The number of thiazole rings is 1. The monoisotopic (exact) mass is 431 g/mol. The van der Waals surface area contributed by atoms with E-state index in [-0.39, 0.29) is 17.7 Å². The highest BCUT2D eigenvalue weighted by molar-refractivity contribution is 7.22. The van der Waals surface area contributed by atoms with Crippen LogP contribution in [-0.2, 0) is 0 Å². The van der Waals surface area contributed by atoms with E-state index in [1.54, 1.807) is 66.1 Å². The fraction of sp³-hybridized carbons (Fsp3) is 0. The van der Waals surface area contributed by atoms with Gasteiger partial charge in [0.1, 0.15) is 9.88 Å². The Bertz CT molecular complexity index is 1260. The van der Waals surface area contributed by atoms with E-state index in [1.165, 1.54) is 11.3 Å². The lowest BCUT2D eigenvalue weighted by atomic mass is 10.1. The summed E-state index contributed by atoms with van der Waals surface area (Å²) in [4.78, 5) is 45.0. The molecule has 8 heteroatoms. The maximum atomic E-state index is 12.7. The molecule has 146 valence electrons. The van der Waals surface area contributed by atoms with E-state index in [0.29, 0.717) is 27.4 Å². The Hall–Kier alpha value is -3.62. The predicted molar refractivity (Wildman–Crippen MR) is 117 cm³/mol. The molecule has 0 atom stereocenters. The molecular weight excluding hydrogens is 418 g/mol. The summed E-state index contributed by atoms with van der Waals surface area (Å²) in [7, 11) is 0. The predicted octanol–water partition coefficient (Wildman–Crippen LogP) is 4.92. The molecule has 0 fully saturated rings. The van der Waals surface area contributed by atoms with Gasteiger partial charge < -0.3 is 5.32 Å². The van der Waals surface area contributed by atoms with Crippen molar-refractivity contribution in [3.63, 3.8) is 0 Å². The number of benzene rings is 2. The highest BCUT2D eigenvalue weighted by Crippen LogP contribution is 2.31. The van der Waals surface area contributed by atoms with Crippen molar-refractivity contribution in [2.45, 2.75) is 0 Å². The van der Waals surface area contributed by atoms with Gasteiger partial charge in [-0.3, -0.25) is 14.4 Å². The third-order valence-corrected chi connectivity index (χ3v) is 6.65. The zero-order valence-corrected chi connectivity index (χ0v) is 17.0. The summed E-state index contributed by atoms with van der Waals surface area (Å²) in [5.41, 5.74) is 1.65. The summed E-state index contributed by atoms with van der Waals surface area (Å²) in [6.07, 6.45) is 1.54. The Morgan fingerprint density at radius 3 is 2.40 bits per heavy atom. The van der Waals surface area contributed by atoms with Gasteiger partial charge in [-0.15, -0.1) is 22.7 Å². The smallest absolute Gasteiger partial charge is 0.267 e. The molecule has 3 amide bonds. The van der Waals surface area contributed by atoms with Gasteiger partial charge in [0.25, 0.3) is 17.7 Å². The SMILES string of the molecule is O=C(Nc1cccc(N2C(=O)c3ccccc3C2=O)c1)c1cnc(-c2cccs2)s1. The number of amides is 3. The molecule has 2 aromatic heterocycles. The molecule has 1 N–H and O–H groups in total. The van der Waals surface area contributed by atoms with Crippen LogP contribution < -0.4 is 10.2 Å². The number of fused-ring (bicyclic) bond motifs is 1. The first-order chi connectivity index (χ1) is 14.6. The maximum absolute atomic E-state index is 12.7. The van der Waals surface area contributed by atoms with Gasteiger partial charge in [0.2, 0.25) is 0 Å². The summed E-state index contributed by atoms with van der Waals surface area (Å²) in [5, 5.41) is 5.56. The second-order valence-electron chi connectivity index (χ2n) is 6.50. The number of aromatic nitrogens is 1. The fourth-order valence-corrected chi connectivity index (χ4v) is 4.85. The largest absolute Gasteiger partial charge is 0.321 e. The molecule has 3 heterocycles. The van der Waals surface area contributed by atoms with Gasteiger partial charge in [-0.1, -0.05) is 24.3 Å². The number of nitrogens with one attached hydrogen (secondary N) is 1. The summed E-state index contributed by atoms with van der Waals surface area (Å²) in [5.74, 6) is -1.04. The lowest BCUT2D eigenvalue weighted by Gasteiger charge is -2.15. The van der Waals surface area contributed by atoms with Crippen molar-refractivity contribution in [2.24, 2.45) is 0 Å². The van der Waals surface area contributed by atoms with Crippen LogP contribution in [0.1, 0.15) is 30.4 Å². The van der Waals surface area contributed by atoms with Crippen molar-refractivity contribution < 1.29 is 14.4 Å². The van der Waals surface area contributed by atoms with Crippen LogP contribution in [0.5, 0.6) is 0 Å². The van der Waals surface area contributed by atoms with Crippen LogP contribution >= 0.6 is 22.7 Å². The lowest BCUT2D eigenvalue weighted by molar-refractivity contribution is 0.0925. The second-order valence-corrected chi connectivity index (χ2v) is 8.48. The van der Waals surface area contributed by atoms with Gasteiger partial charge in [-0.05, 0) is 41.8 Å². The Labute approximate surface area is 179 Å². The quantitative estimate of drug-likeness (QED) is 0.465. The highest BCUT2D eigenvalue weighted by atomic mass is 32.1. The van der Waals surface area contributed by atoms with Crippen LogP contribution in [0.2, 0.25) is 0 Å². The van der Waals surface area contributed by atoms with Crippen LogP contribution in [-0.4, -0.2) is 22.7 Å². The second kappa shape index (κ2) is 7.33. The molecule has 4 aromatic rings. The molecule has 0 bridgehead atoms. The van der Waals surface area contributed by atoms with E-state index in [2.05, 4.69) is 10.3 Å². The topological polar surface area (TPSA) is 79.4 Å². The third-order valence-electron chi connectivity index (χ3n) is 4.62. The minimum atomic E-state index is -0.373. The van der Waals surface area contributed by atoms with E-state index in [9.17, 15) is 14.4 Å². The fourth-order valence-electron chi connectivity index (χ4n) is 3.23. The van der Waals surface area contributed by atoms with Crippen LogP contribution in [0.3, 0.4) is 0 Å². The Morgan fingerprint density at radius 2 is 1.70 bits per heavy atom. The van der Waals surface area contributed by atoms with Crippen molar-refractivity contribution in [2.75, 3.05) is 10.2 Å². The first-order valence-electron chi connectivity index (χ1n) is 9.01. The average molecular weight is 431 g/mol. The maximum Gasteiger partial charge on any atom is 0.267 e. The van der Waals surface area contributed by atoms with Gasteiger partial charge in [0, 0.05) is 5.69 Å². The number of anilines is 2. The zero-order chi connectivity index (χ0) is 20.7. The van der Waals surface area contributed by atoms with Crippen molar-refractivity contribution in [1.29, 1.82) is 0 Å². The van der Waals surface area contributed by atoms with Gasteiger partial charge in [-0.25, -0.2) is 9.88 Å². The molecule has 6 nitrogen and oxygen atoms in total. The first kappa shape index (κ1) is 18.4. The summed E-state index contributed by atoms with van der Waals surface area (Å²) >= 11 is 2.87. The van der Waals surface area contributed by atoms with Crippen molar-refractivity contribution in [3.8, 4) is 9.88 Å². The molecule has 0 radical (unpaired) electrons. The van der Waals surface area contributed by atoms with Crippen LogP contribution in [0.25, 0.3) is 9.88 Å². The normalized spacial score (nSPS) is 12.9. The van der Waals surface area contributed by atoms with Crippen molar-refractivity contribution >= 4 is 51.8 Å². The Balaban J connectivity index is 1.38. The summed E-state index contributed by atoms with van der Waals surface area (Å²) in [6, 6.07) is 17.3. The molecule has 0 saturated heterocycles. The molecule has 0 spiro atoms. The zero-order valence-electron chi connectivity index (χ0n) is 15.4. The van der Waals surface area contributed by atoms with Crippen LogP contribution in [0, 0.1) is 0 Å². The van der Waals surface area contributed by atoms with Crippen LogP contribution in [0.4, 0.5) is 11.4 Å². The van der Waals surface area contributed by atoms with Crippen LogP contribution in [0.15, 0.2) is 72.2 Å². The number of thiophene rings is 1. The standard InChI is InChI=1S/C22H13N3O3S2/c26-19(18-12-23-20(30-18)17-9-4-10-29-17)24-13-5-3-6-14(11-13)25-21(27)15-7-1-2-8-16(15)22(25)28/h1-12H,(H,24,26). The van der Waals surface area contributed by atoms with E-state index >= 15 is 0 Å². The number of carbonyl (C=O) groups is 3. The Morgan fingerprint density at radius 1 is 0.933 bits per heavy atom. The molecule has 1 aliphatic heterocycles. The van der Waals surface area contributed by atoms with Crippen molar-refractivity contribution in [3.05, 3.63) is 88.2 Å². The summed E-state index contributed by atoms with van der Waals surface area (Å²) < 4.78 is 0. The number of hydrogen-bond donors (Lipinski definition) is 1. The minimum absolute atomic E-state index is 0.296. The average Bonchev–Trinajstić information content (AvgIpc) is 3.49. The van der Waals surface area contributed by atoms with Gasteiger partial charge in [-0.2, -0.15) is 0 Å². The number of rotatable bonds is 4. The molecule has 5 rings (SSSR count). The first-order valence-corrected chi connectivity index (χ1v) is 10.7. The molecule has 0 aliphatic carbocycles. The van der Waals surface area contributed by atoms with E-state index in [0.717, 1.165) is 14.8 Å². The third kappa shape index (κ3) is 3.12. The van der Waals surface area contributed by atoms with Crippen molar-refractivity contribution in [1.82, 2.24) is 4.98 Å². The molecule has 2 aromatic carbocycles. The molecule has 30 heavy (non-hydrogen) atoms. The molecule has 1 aliphatic rings. The van der Waals surface area contributed by atoms with Gasteiger partial charge in [0.05, 0.1) is 27.9 Å². The molecule has 0 saturated carbocycles. The molecular formula is C22H13N3O3S2. The number of imide groups is 1. The highest BCUT2D eigenvalue weighted by Gasteiger charge is 2.36. The summed E-state index contributed by atoms with van der Waals surface area (Å²) in [6.45, 7) is 0. The van der Waals surface area contributed by atoms with E-state index < -0.39 is 0 Å². The number of hydrogen-bond acceptors (Lipinski definition) is 6. The van der Waals surface area contributed by atoms with E-state index in [4.69, 9.17) is 0 Å². The lowest BCUT2D eigenvalue weighted by Crippen LogP contribution is -2.29. The minimum Gasteiger partial charge on any atom is -0.321 e. The van der Waals surface area contributed by atoms with Gasteiger partial charge in [0.15, 0.2) is 0 Å². The van der Waals surface area contributed by atoms with Gasteiger partial charge >= 0.3 is 0 Å². The molecule has 0 unspecified atom stereocenters.